The summed E-state index contributed by atoms with van der Waals surface area (Å²) >= 11 is 0. The molecule has 0 saturated heterocycles. The second kappa shape index (κ2) is 10.5. The van der Waals surface area contributed by atoms with Crippen LogP contribution in [0, 0.1) is 0 Å². The van der Waals surface area contributed by atoms with E-state index in [1.807, 2.05) is 27.7 Å². The van der Waals surface area contributed by atoms with Crippen LogP contribution < -0.4 is 14.9 Å². The molecule has 3 aromatic carbocycles. The quantitative estimate of drug-likeness (QED) is 0.159. The Morgan fingerprint density at radius 1 is 0.692 bits per heavy atom. The van der Waals surface area contributed by atoms with Crippen molar-refractivity contribution >= 4 is 37.6 Å². The Morgan fingerprint density at radius 3 is 1.59 bits per heavy atom. The zero-order valence-electron chi connectivity index (χ0n) is 28.7. The standard InChI is InChI=1S/C35H51N2Si2/c1-23(2)30-20-27(26-18-28(38(8,9)10)22-29(19-26)39(11,12)13)21-31(24(3)4)34(30)37-33-17-15-14-16-32(33)36(7)35(37)25(5)6/h14-25H,1-13H3/q+1/i23D,24D. The van der Waals surface area contributed by atoms with Crippen LogP contribution >= 0.6 is 0 Å². The second-order valence-corrected chi connectivity index (χ2v) is 24.3. The monoisotopic (exact) mass is 557 g/mol. The average molecular weight is 558 g/mol. The lowest BCUT2D eigenvalue weighted by molar-refractivity contribution is -0.654. The molecule has 39 heavy (non-hydrogen) atoms. The molecule has 0 atom stereocenters. The van der Waals surface area contributed by atoms with Crippen LogP contribution in [0.2, 0.25) is 39.3 Å². The van der Waals surface area contributed by atoms with Crippen molar-refractivity contribution in [1.82, 2.24) is 4.57 Å². The highest BCUT2D eigenvalue weighted by molar-refractivity contribution is 6.91. The van der Waals surface area contributed by atoms with Gasteiger partial charge in [-0.05, 0) is 47.2 Å². The molecule has 0 bridgehead atoms. The maximum absolute atomic E-state index is 9.43. The van der Waals surface area contributed by atoms with Crippen LogP contribution in [0.15, 0.2) is 54.6 Å². The highest BCUT2D eigenvalue weighted by Crippen LogP contribution is 2.38. The van der Waals surface area contributed by atoms with Gasteiger partial charge < -0.3 is 0 Å². The van der Waals surface area contributed by atoms with E-state index in [4.69, 9.17) is 0 Å². The molecule has 0 aliphatic rings. The molecule has 2 nitrogen and oxygen atoms in total. The van der Waals surface area contributed by atoms with Crippen molar-refractivity contribution in [3.8, 4) is 16.8 Å². The summed E-state index contributed by atoms with van der Waals surface area (Å²) in [6.07, 6.45) is 0. The molecule has 0 amide bonds. The van der Waals surface area contributed by atoms with Crippen molar-refractivity contribution in [2.75, 3.05) is 0 Å². The van der Waals surface area contributed by atoms with Gasteiger partial charge in [-0.15, -0.1) is 0 Å². The number of aromatic nitrogens is 2. The third-order valence-corrected chi connectivity index (χ3v) is 12.0. The van der Waals surface area contributed by atoms with Crippen molar-refractivity contribution in [2.24, 2.45) is 7.05 Å². The van der Waals surface area contributed by atoms with Gasteiger partial charge in [0, 0.05) is 13.9 Å². The Kier molecular flexibility index (Phi) is 7.22. The Hall–Kier alpha value is -2.44. The SMILES string of the molecule is [2H]C(C)(C)c1cc(-c2cc([Si](C)(C)C)cc([Si](C)(C)C)c2)cc(C([2H])(C)C)c1-n1c(C(C)C)[n+](C)c2ccccc21. The van der Waals surface area contributed by atoms with Gasteiger partial charge in [-0.2, -0.15) is 4.57 Å². The summed E-state index contributed by atoms with van der Waals surface area (Å²) in [4.78, 5) is 0. The minimum absolute atomic E-state index is 0.253. The molecule has 0 fully saturated rings. The highest BCUT2D eigenvalue weighted by Gasteiger charge is 2.32. The number of aryl methyl sites for hydroxylation is 1. The van der Waals surface area contributed by atoms with Gasteiger partial charge in [0.25, 0.3) is 5.82 Å². The van der Waals surface area contributed by atoms with Gasteiger partial charge >= 0.3 is 0 Å². The molecule has 1 heterocycles. The van der Waals surface area contributed by atoms with E-state index < -0.39 is 27.9 Å². The number of nitrogens with zero attached hydrogens (tertiary/aromatic N) is 2. The van der Waals surface area contributed by atoms with E-state index >= 15 is 0 Å². The summed E-state index contributed by atoms with van der Waals surface area (Å²) in [7, 11) is -1.02. The molecule has 0 aliphatic heterocycles. The number of fused-ring (bicyclic) bond motifs is 1. The molecule has 4 rings (SSSR count). The fraction of sp³-hybridized carbons (Fsp3) is 0.457. The third-order valence-electron chi connectivity index (χ3n) is 7.98. The predicted molar refractivity (Wildman–Crippen MR) is 178 cm³/mol. The molecule has 208 valence electrons. The topological polar surface area (TPSA) is 8.81 Å². The van der Waals surface area contributed by atoms with Gasteiger partial charge in [0.2, 0.25) is 0 Å². The molecular weight excluding hydrogens is 505 g/mol. The van der Waals surface area contributed by atoms with Crippen LogP contribution in [0.4, 0.5) is 0 Å². The molecule has 0 N–H and O–H groups in total. The van der Waals surface area contributed by atoms with E-state index in [-0.39, 0.29) is 5.92 Å². The minimum atomic E-state index is -1.58. The maximum atomic E-state index is 9.43. The van der Waals surface area contributed by atoms with E-state index in [9.17, 15) is 2.74 Å². The van der Waals surface area contributed by atoms with E-state index in [0.29, 0.717) is 0 Å². The minimum Gasteiger partial charge on any atom is -0.229 e. The summed E-state index contributed by atoms with van der Waals surface area (Å²) in [5.41, 5.74) is 7.52. The van der Waals surface area contributed by atoms with Crippen molar-refractivity contribution < 1.29 is 7.31 Å². The molecular formula is C35H51N2Si2+. The zero-order valence-corrected chi connectivity index (χ0v) is 28.7. The molecule has 0 spiro atoms. The summed E-state index contributed by atoms with van der Waals surface area (Å²) in [6, 6.07) is 20.3. The van der Waals surface area contributed by atoms with E-state index in [0.717, 1.165) is 33.4 Å². The number of para-hydroxylation sites is 2. The zero-order chi connectivity index (χ0) is 30.9. The van der Waals surface area contributed by atoms with Gasteiger partial charge in [-0.25, -0.2) is 4.57 Å². The van der Waals surface area contributed by atoms with Crippen molar-refractivity contribution in [1.29, 1.82) is 0 Å². The first-order chi connectivity index (χ1) is 18.6. The third kappa shape index (κ3) is 5.60. The molecule has 4 heteroatoms. The van der Waals surface area contributed by atoms with Gasteiger partial charge in [-0.3, -0.25) is 0 Å². The Morgan fingerprint density at radius 2 is 1.15 bits per heavy atom. The first kappa shape index (κ1) is 26.8. The van der Waals surface area contributed by atoms with Crippen molar-refractivity contribution in [3.05, 3.63) is 71.5 Å². The van der Waals surface area contributed by atoms with Crippen LogP contribution in [0.25, 0.3) is 27.8 Å². The number of hydrogen-bond donors (Lipinski definition) is 0. The lowest BCUT2D eigenvalue weighted by atomic mass is 9.88. The largest absolute Gasteiger partial charge is 0.265 e. The fourth-order valence-corrected chi connectivity index (χ4v) is 8.18. The van der Waals surface area contributed by atoms with E-state index in [1.54, 1.807) is 0 Å². The van der Waals surface area contributed by atoms with Crippen molar-refractivity contribution in [2.45, 2.75) is 98.5 Å². The summed E-state index contributed by atoms with van der Waals surface area (Å²) in [5.74, 6) is -0.317. The lowest BCUT2D eigenvalue weighted by Gasteiger charge is -2.25. The first-order valence-electron chi connectivity index (χ1n) is 15.5. The van der Waals surface area contributed by atoms with Gasteiger partial charge in [0.15, 0.2) is 11.0 Å². The smallest absolute Gasteiger partial charge is 0.229 e. The van der Waals surface area contributed by atoms with Crippen molar-refractivity contribution in [3.63, 3.8) is 0 Å². The fourth-order valence-electron chi connectivity index (χ4n) is 5.68. The molecule has 1 aromatic heterocycles. The van der Waals surface area contributed by atoms with Gasteiger partial charge in [0.1, 0.15) is 5.69 Å². The number of benzene rings is 3. The van der Waals surface area contributed by atoms with Gasteiger partial charge in [0.05, 0.1) is 29.1 Å². The summed E-state index contributed by atoms with van der Waals surface area (Å²) < 4.78 is 23.5. The van der Waals surface area contributed by atoms with E-state index in [2.05, 4.69) is 124 Å². The first-order valence-corrected chi connectivity index (χ1v) is 21.5. The van der Waals surface area contributed by atoms with Crippen LogP contribution in [0.5, 0.6) is 0 Å². The highest BCUT2D eigenvalue weighted by atomic mass is 28.3. The second-order valence-electron chi connectivity index (χ2n) is 14.1. The van der Waals surface area contributed by atoms with Crippen LogP contribution in [0.1, 0.15) is 78.9 Å². The Bertz CT molecular complexity index is 1540. The lowest BCUT2D eigenvalue weighted by Crippen LogP contribution is -2.45. The summed E-state index contributed by atoms with van der Waals surface area (Å²) in [6.45, 7) is 26.9. The van der Waals surface area contributed by atoms with E-state index in [1.165, 1.54) is 21.8 Å². The average Bonchev–Trinajstić information content (AvgIpc) is 3.13. The molecule has 0 unspecified atom stereocenters. The summed E-state index contributed by atoms with van der Waals surface area (Å²) in [5, 5.41) is 2.95. The molecule has 0 radical (unpaired) electrons. The normalized spacial score (nSPS) is 14.2. The van der Waals surface area contributed by atoms with Gasteiger partial charge in [-0.1, -0.05) is 122 Å². The molecule has 4 aromatic rings. The van der Waals surface area contributed by atoms with Crippen LogP contribution in [0.3, 0.4) is 0 Å². The Labute approximate surface area is 242 Å². The van der Waals surface area contributed by atoms with Crippen LogP contribution in [-0.2, 0) is 7.05 Å². The number of imidazole rings is 1. The molecule has 0 aliphatic carbocycles. The molecule has 0 saturated carbocycles. The van der Waals surface area contributed by atoms with Crippen LogP contribution in [-0.4, -0.2) is 20.7 Å². The predicted octanol–water partition coefficient (Wildman–Crippen LogP) is 8.58. The Balaban J connectivity index is 2.21. The number of hydrogen-bond acceptors (Lipinski definition) is 0. The number of rotatable bonds is 7. The maximum Gasteiger partial charge on any atom is 0.265 e.